The van der Waals surface area contributed by atoms with Gasteiger partial charge in [0.1, 0.15) is 0 Å². The zero-order chi connectivity index (χ0) is 15.5. The van der Waals surface area contributed by atoms with Gasteiger partial charge in [0.05, 0.1) is 0 Å². The lowest BCUT2D eigenvalue weighted by molar-refractivity contribution is 0.227. The number of hydrogen-bond acceptors (Lipinski definition) is 2. The summed E-state index contributed by atoms with van der Waals surface area (Å²) in [4.78, 5) is 0. The van der Waals surface area contributed by atoms with E-state index in [1.54, 1.807) is 6.08 Å². The molecule has 0 bridgehead atoms. The van der Waals surface area contributed by atoms with Crippen molar-refractivity contribution in [3.05, 3.63) is 40.8 Å². The first-order valence-corrected chi connectivity index (χ1v) is 9.19. The SMILES string of the molecule is Cc1ccc(/C=C/S(=O)(=O)NC2CCCC(C)C2C)cc1. The summed E-state index contributed by atoms with van der Waals surface area (Å²) in [6, 6.07) is 7.86. The van der Waals surface area contributed by atoms with Gasteiger partial charge in [-0.25, -0.2) is 13.1 Å². The van der Waals surface area contributed by atoms with Crippen molar-refractivity contribution >= 4 is 16.1 Å². The van der Waals surface area contributed by atoms with E-state index >= 15 is 0 Å². The fourth-order valence-electron chi connectivity index (χ4n) is 2.84. The second-order valence-corrected chi connectivity index (χ2v) is 7.85. The maximum absolute atomic E-state index is 12.2. The summed E-state index contributed by atoms with van der Waals surface area (Å²) in [6.45, 7) is 6.35. The number of benzene rings is 1. The minimum atomic E-state index is -3.38. The Labute approximate surface area is 128 Å². The highest BCUT2D eigenvalue weighted by atomic mass is 32.2. The number of hydrogen-bond donors (Lipinski definition) is 1. The van der Waals surface area contributed by atoms with Gasteiger partial charge >= 0.3 is 0 Å². The van der Waals surface area contributed by atoms with Crippen LogP contribution in [0.5, 0.6) is 0 Å². The van der Waals surface area contributed by atoms with Crippen LogP contribution in [-0.2, 0) is 10.0 Å². The quantitative estimate of drug-likeness (QED) is 0.921. The Morgan fingerprint density at radius 3 is 2.48 bits per heavy atom. The van der Waals surface area contributed by atoms with Gasteiger partial charge in [-0.1, -0.05) is 56.5 Å². The maximum Gasteiger partial charge on any atom is 0.233 e. The molecule has 0 amide bonds. The molecule has 1 aliphatic carbocycles. The summed E-state index contributed by atoms with van der Waals surface area (Å²) in [5.74, 6) is 0.967. The Morgan fingerprint density at radius 2 is 1.81 bits per heavy atom. The van der Waals surface area contributed by atoms with E-state index in [9.17, 15) is 8.42 Å². The fraction of sp³-hybridized carbons (Fsp3) is 0.529. The molecular formula is C17H25NO2S. The van der Waals surface area contributed by atoms with E-state index in [1.807, 2.05) is 31.2 Å². The summed E-state index contributed by atoms with van der Waals surface area (Å²) < 4.78 is 27.2. The molecule has 1 aromatic carbocycles. The van der Waals surface area contributed by atoms with Crippen molar-refractivity contribution in [2.45, 2.75) is 46.1 Å². The molecule has 0 aromatic heterocycles. The molecule has 1 aromatic rings. The molecule has 1 fully saturated rings. The second kappa shape index (κ2) is 6.75. The number of aryl methyl sites for hydroxylation is 1. The smallest absolute Gasteiger partial charge is 0.208 e. The van der Waals surface area contributed by atoms with E-state index < -0.39 is 10.0 Å². The summed E-state index contributed by atoms with van der Waals surface area (Å²) in [6.07, 6.45) is 4.88. The number of nitrogens with one attached hydrogen (secondary N) is 1. The van der Waals surface area contributed by atoms with Crippen molar-refractivity contribution in [1.29, 1.82) is 0 Å². The first-order chi connectivity index (χ1) is 9.87. The molecular weight excluding hydrogens is 282 g/mol. The zero-order valence-corrected chi connectivity index (χ0v) is 13.9. The summed E-state index contributed by atoms with van der Waals surface area (Å²) in [5.41, 5.74) is 2.06. The lowest BCUT2D eigenvalue weighted by Crippen LogP contribution is -2.42. The standard InChI is InChI=1S/C17H25NO2S/c1-13-7-9-16(10-8-13)11-12-21(19,20)18-17-6-4-5-14(2)15(17)3/h7-12,14-15,17-18H,4-6H2,1-3H3/b12-11+. The molecule has 0 saturated heterocycles. The van der Waals surface area contributed by atoms with Crippen molar-refractivity contribution in [2.75, 3.05) is 0 Å². The molecule has 3 unspecified atom stereocenters. The van der Waals surface area contributed by atoms with Crippen LogP contribution in [0, 0.1) is 18.8 Å². The average Bonchev–Trinajstić information content (AvgIpc) is 2.43. The normalized spacial score (nSPS) is 27.1. The lowest BCUT2D eigenvalue weighted by Gasteiger charge is -2.34. The first kappa shape index (κ1) is 16.2. The fourth-order valence-corrected chi connectivity index (χ4v) is 4.01. The molecule has 1 saturated carbocycles. The van der Waals surface area contributed by atoms with Crippen LogP contribution in [0.25, 0.3) is 6.08 Å². The van der Waals surface area contributed by atoms with E-state index in [2.05, 4.69) is 18.6 Å². The van der Waals surface area contributed by atoms with Crippen molar-refractivity contribution in [3.8, 4) is 0 Å². The Balaban J connectivity index is 2.03. The Kier molecular flexibility index (Phi) is 5.22. The van der Waals surface area contributed by atoms with Gasteiger partial charge in [-0.15, -0.1) is 0 Å². The van der Waals surface area contributed by atoms with E-state index in [0.29, 0.717) is 11.8 Å². The summed E-state index contributed by atoms with van der Waals surface area (Å²) >= 11 is 0. The average molecular weight is 307 g/mol. The Bertz CT molecular complexity index is 590. The predicted octanol–water partition coefficient (Wildman–Crippen LogP) is 3.71. The minimum absolute atomic E-state index is 0.0569. The van der Waals surface area contributed by atoms with Gasteiger partial charge in [-0.3, -0.25) is 0 Å². The molecule has 3 atom stereocenters. The van der Waals surface area contributed by atoms with Crippen LogP contribution in [0.1, 0.15) is 44.2 Å². The maximum atomic E-state index is 12.2. The molecule has 0 aliphatic heterocycles. The summed E-state index contributed by atoms with van der Waals surface area (Å²) in [7, 11) is -3.38. The van der Waals surface area contributed by atoms with Crippen molar-refractivity contribution < 1.29 is 8.42 Å². The third-order valence-electron chi connectivity index (χ3n) is 4.54. The monoisotopic (exact) mass is 307 g/mol. The van der Waals surface area contributed by atoms with Gasteiger partial charge < -0.3 is 0 Å². The number of rotatable bonds is 4. The van der Waals surface area contributed by atoms with Gasteiger partial charge in [0.25, 0.3) is 0 Å². The number of sulfonamides is 1. The highest BCUT2D eigenvalue weighted by Crippen LogP contribution is 2.29. The lowest BCUT2D eigenvalue weighted by atomic mass is 9.78. The predicted molar refractivity (Wildman–Crippen MR) is 88.2 cm³/mol. The van der Waals surface area contributed by atoms with Crippen LogP contribution in [0.4, 0.5) is 0 Å². The van der Waals surface area contributed by atoms with E-state index in [0.717, 1.165) is 24.0 Å². The topological polar surface area (TPSA) is 46.2 Å². The third kappa shape index (κ3) is 4.68. The second-order valence-electron chi connectivity index (χ2n) is 6.25. The Hall–Kier alpha value is -1.13. The van der Waals surface area contributed by atoms with Gasteiger partial charge in [0.2, 0.25) is 10.0 Å². The van der Waals surface area contributed by atoms with Gasteiger partial charge in [-0.2, -0.15) is 0 Å². The van der Waals surface area contributed by atoms with Gasteiger partial charge in [0, 0.05) is 11.4 Å². The van der Waals surface area contributed by atoms with Gasteiger partial charge in [0.15, 0.2) is 0 Å². The molecule has 21 heavy (non-hydrogen) atoms. The van der Waals surface area contributed by atoms with Crippen LogP contribution < -0.4 is 4.72 Å². The van der Waals surface area contributed by atoms with E-state index in [-0.39, 0.29) is 6.04 Å². The van der Waals surface area contributed by atoms with Crippen LogP contribution in [0.3, 0.4) is 0 Å². The summed E-state index contributed by atoms with van der Waals surface area (Å²) in [5, 5.41) is 1.28. The first-order valence-electron chi connectivity index (χ1n) is 7.64. The zero-order valence-electron chi connectivity index (χ0n) is 13.0. The highest BCUT2D eigenvalue weighted by Gasteiger charge is 2.29. The van der Waals surface area contributed by atoms with Crippen LogP contribution >= 0.6 is 0 Å². The van der Waals surface area contributed by atoms with Crippen LogP contribution in [-0.4, -0.2) is 14.5 Å². The van der Waals surface area contributed by atoms with Gasteiger partial charge in [-0.05, 0) is 36.8 Å². The molecule has 0 radical (unpaired) electrons. The molecule has 1 N–H and O–H groups in total. The molecule has 116 valence electrons. The molecule has 4 heteroatoms. The van der Waals surface area contributed by atoms with Crippen molar-refractivity contribution in [2.24, 2.45) is 11.8 Å². The van der Waals surface area contributed by atoms with E-state index in [1.165, 1.54) is 11.8 Å². The van der Waals surface area contributed by atoms with Crippen LogP contribution in [0.2, 0.25) is 0 Å². The molecule has 3 nitrogen and oxygen atoms in total. The van der Waals surface area contributed by atoms with Crippen molar-refractivity contribution in [1.82, 2.24) is 4.72 Å². The van der Waals surface area contributed by atoms with E-state index in [4.69, 9.17) is 0 Å². The molecule has 0 heterocycles. The largest absolute Gasteiger partial charge is 0.233 e. The molecule has 2 rings (SSSR count). The third-order valence-corrected chi connectivity index (χ3v) is 5.67. The molecule has 0 spiro atoms. The highest BCUT2D eigenvalue weighted by molar-refractivity contribution is 7.92. The minimum Gasteiger partial charge on any atom is -0.208 e. The van der Waals surface area contributed by atoms with Crippen LogP contribution in [0.15, 0.2) is 29.7 Å². The molecule has 1 aliphatic rings. The van der Waals surface area contributed by atoms with Crippen molar-refractivity contribution in [3.63, 3.8) is 0 Å². The Morgan fingerprint density at radius 1 is 1.14 bits per heavy atom.